The van der Waals surface area contributed by atoms with Gasteiger partial charge in [-0.3, -0.25) is 9.59 Å². The van der Waals surface area contributed by atoms with E-state index >= 15 is 0 Å². The number of hydrogen-bond donors (Lipinski definition) is 1. The first-order chi connectivity index (χ1) is 12.3. The van der Waals surface area contributed by atoms with Crippen molar-refractivity contribution in [3.63, 3.8) is 0 Å². The van der Waals surface area contributed by atoms with E-state index in [-0.39, 0.29) is 30.0 Å². The second kappa shape index (κ2) is 7.13. The highest BCUT2D eigenvalue weighted by Gasteiger charge is 2.33. The van der Waals surface area contributed by atoms with Gasteiger partial charge in [-0.25, -0.2) is 4.79 Å². The van der Waals surface area contributed by atoms with Crippen LogP contribution in [-0.4, -0.2) is 28.2 Å². The zero-order valence-electron chi connectivity index (χ0n) is 14.7. The third kappa shape index (κ3) is 3.92. The predicted octanol–water partition coefficient (Wildman–Crippen LogP) is 3.68. The minimum atomic E-state index is -1.03. The van der Waals surface area contributed by atoms with Crippen LogP contribution in [0.15, 0.2) is 30.3 Å². The fraction of sp³-hybridized carbons (Fsp3) is 0.350. The van der Waals surface area contributed by atoms with E-state index in [4.69, 9.17) is 4.74 Å². The largest absolute Gasteiger partial charge is 0.478 e. The Kier molecular flexibility index (Phi) is 5.07. The Bertz CT molecular complexity index is 864. The molecule has 1 aliphatic heterocycles. The van der Waals surface area contributed by atoms with Crippen molar-refractivity contribution in [2.75, 3.05) is 0 Å². The van der Waals surface area contributed by atoms with E-state index in [9.17, 15) is 19.5 Å². The summed E-state index contributed by atoms with van der Waals surface area (Å²) in [6.45, 7) is 4.19. The van der Waals surface area contributed by atoms with E-state index in [1.807, 2.05) is 13.8 Å². The fourth-order valence-electron chi connectivity index (χ4n) is 3.13. The molecule has 0 radical (unpaired) electrons. The van der Waals surface area contributed by atoms with Gasteiger partial charge in [0.25, 0.3) is 0 Å². The molecule has 5 nitrogen and oxygen atoms in total. The molecular formula is C20H20O5S. The summed E-state index contributed by atoms with van der Waals surface area (Å²) in [7, 11) is 0. The molecule has 0 amide bonds. The molecule has 0 unspecified atom stereocenters. The number of thiophene rings is 1. The fourth-order valence-corrected chi connectivity index (χ4v) is 4.39. The number of Topliss-reactive ketones (excluding diaryl/α,β-unsaturated/α-hetero) is 2. The first-order valence-electron chi connectivity index (χ1n) is 8.37. The van der Waals surface area contributed by atoms with Crippen LogP contribution in [0.2, 0.25) is 0 Å². The molecule has 1 N–H and O–H groups in total. The minimum absolute atomic E-state index is 0.0434. The number of carbonyl (C=O) groups excluding carboxylic acids is 2. The average Bonchev–Trinajstić information content (AvgIpc) is 2.91. The number of ether oxygens (including phenoxy) is 1. The Morgan fingerprint density at radius 3 is 2.54 bits per heavy atom. The van der Waals surface area contributed by atoms with Gasteiger partial charge in [0.15, 0.2) is 5.78 Å². The molecule has 2 heterocycles. The Hall–Kier alpha value is -2.31. The van der Waals surface area contributed by atoms with E-state index in [0.29, 0.717) is 23.5 Å². The van der Waals surface area contributed by atoms with E-state index in [0.717, 1.165) is 10.4 Å². The Balaban J connectivity index is 1.80. The monoisotopic (exact) mass is 372 g/mol. The summed E-state index contributed by atoms with van der Waals surface area (Å²) < 4.78 is 5.75. The highest BCUT2D eigenvalue weighted by molar-refractivity contribution is 7.12. The summed E-state index contributed by atoms with van der Waals surface area (Å²) in [5.41, 5.74) is 1.03. The molecule has 6 heteroatoms. The summed E-state index contributed by atoms with van der Waals surface area (Å²) >= 11 is 1.30. The molecule has 0 spiro atoms. The zero-order chi connectivity index (χ0) is 18.9. The lowest BCUT2D eigenvalue weighted by molar-refractivity contribution is -0.117. The second-order valence-electron chi connectivity index (χ2n) is 7.01. The van der Waals surface area contributed by atoms with Crippen molar-refractivity contribution in [2.24, 2.45) is 0 Å². The molecule has 0 aliphatic carbocycles. The van der Waals surface area contributed by atoms with Crippen molar-refractivity contribution in [3.05, 3.63) is 56.8 Å². The van der Waals surface area contributed by atoms with Crippen molar-refractivity contribution >= 4 is 28.9 Å². The van der Waals surface area contributed by atoms with Gasteiger partial charge >= 0.3 is 5.97 Å². The summed E-state index contributed by atoms with van der Waals surface area (Å²) in [4.78, 5) is 37.7. The normalized spacial score (nSPS) is 15.3. The van der Waals surface area contributed by atoms with E-state index in [2.05, 4.69) is 0 Å². The molecular weight excluding hydrogens is 352 g/mol. The Morgan fingerprint density at radius 2 is 1.88 bits per heavy atom. The van der Waals surface area contributed by atoms with Crippen LogP contribution in [0, 0.1) is 0 Å². The van der Waals surface area contributed by atoms with Crippen LogP contribution in [0.1, 0.15) is 56.3 Å². The van der Waals surface area contributed by atoms with Crippen LogP contribution in [0.25, 0.3) is 0 Å². The van der Waals surface area contributed by atoms with Gasteiger partial charge in [-0.1, -0.05) is 30.3 Å². The Labute approximate surface area is 155 Å². The number of carboxylic acids is 1. The predicted molar refractivity (Wildman–Crippen MR) is 98.0 cm³/mol. The van der Waals surface area contributed by atoms with Crippen LogP contribution < -0.4 is 0 Å². The molecule has 0 bridgehead atoms. The maximum Gasteiger partial charge on any atom is 0.337 e. The number of carboxylic acid groups (broad SMARTS) is 1. The summed E-state index contributed by atoms with van der Waals surface area (Å²) in [6, 6.07) is 8.63. The summed E-state index contributed by atoms with van der Waals surface area (Å²) in [5, 5.41) is 9.64. The molecule has 0 saturated carbocycles. The number of hydrogen-bond acceptors (Lipinski definition) is 5. The van der Waals surface area contributed by atoms with E-state index in [1.165, 1.54) is 11.3 Å². The quantitative estimate of drug-likeness (QED) is 0.618. The molecule has 1 aromatic heterocycles. The topological polar surface area (TPSA) is 80.7 Å². The number of benzene rings is 1. The maximum absolute atomic E-state index is 12.4. The maximum atomic E-state index is 12.4. The summed E-state index contributed by atoms with van der Waals surface area (Å²) in [6.07, 6.45) is 0.226. The number of aromatic carboxylic acids is 1. The Morgan fingerprint density at radius 1 is 1.19 bits per heavy atom. The molecule has 26 heavy (non-hydrogen) atoms. The van der Waals surface area contributed by atoms with Crippen LogP contribution in [0.4, 0.5) is 0 Å². The van der Waals surface area contributed by atoms with Gasteiger partial charge in [-0.05, 0) is 19.4 Å². The SMILES string of the molecule is CC1(C)Cc2c(sc(CC(=O)CC(=O)c3ccccc3)c2C(=O)O)CO1. The lowest BCUT2D eigenvalue weighted by Gasteiger charge is -2.30. The van der Waals surface area contributed by atoms with Crippen LogP contribution in [0.3, 0.4) is 0 Å². The number of rotatable bonds is 6. The van der Waals surface area contributed by atoms with E-state index in [1.54, 1.807) is 30.3 Å². The van der Waals surface area contributed by atoms with Crippen molar-refractivity contribution in [1.29, 1.82) is 0 Å². The van der Waals surface area contributed by atoms with Crippen molar-refractivity contribution in [2.45, 2.75) is 45.3 Å². The van der Waals surface area contributed by atoms with Gasteiger partial charge in [0.1, 0.15) is 5.78 Å². The van der Waals surface area contributed by atoms with Gasteiger partial charge in [0, 0.05) is 28.2 Å². The van der Waals surface area contributed by atoms with Gasteiger partial charge in [-0.2, -0.15) is 0 Å². The van der Waals surface area contributed by atoms with Crippen molar-refractivity contribution in [1.82, 2.24) is 0 Å². The standard InChI is InChI=1S/C20H20O5S/c1-20(2)10-14-17(11-25-20)26-16(18(14)19(23)24)9-13(21)8-15(22)12-6-4-3-5-7-12/h3-7H,8-11H2,1-2H3,(H,23,24). The van der Waals surface area contributed by atoms with Crippen molar-refractivity contribution in [3.8, 4) is 0 Å². The molecule has 1 aromatic carbocycles. The number of ketones is 2. The van der Waals surface area contributed by atoms with Crippen LogP contribution in [0.5, 0.6) is 0 Å². The van der Waals surface area contributed by atoms with Crippen LogP contribution in [-0.2, 0) is 29.0 Å². The highest BCUT2D eigenvalue weighted by Crippen LogP contribution is 2.37. The molecule has 3 rings (SSSR count). The molecule has 0 saturated heterocycles. The summed E-state index contributed by atoms with van der Waals surface area (Å²) in [5.74, 6) is -1.56. The highest BCUT2D eigenvalue weighted by atomic mass is 32.1. The number of fused-ring (bicyclic) bond motifs is 1. The van der Waals surface area contributed by atoms with E-state index < -0.39 is 11.6 Å². The molecule has 1 aliphatic rings. The van der Waals surface area contributed by atoms with Crippen LogP contribution >= 0.6 is 11.3 Å². The molecule has 0 fully saturated rings. The first kappa shape index (κ1) is 18.5. The smallest absolute Gasteiger partial charge is 0.337 e. The van der Waals surface area contributed by atoms with Gasteiger partial charge in [0.05, 0.1) is 24.2 Å². The molecule has 0 atom stereocenters. The third-order valence-electron chi connectivity index (χ3n) is 4.39. The second-order valence-corrected chi connectivity index (χ2v) is 8.20. The minimum Gasteiger partial charge on any atom is -0.478 e. The third-order valence-corrected chi connectivity index (χ3v) is 5.59. The zero-order valence-corrected chi connectivity index (χ0v) is 15.5. The number of carbonyl (C=O) groups is 3. The van der Waals surface area contributed by atoms with Gasteiger partial charge in [0.2, 0.25) is 0 Å². The lowest BCUT2D eigenvalue weighted by Crippen LogP contribution is -2.31. The first-order valence-corrected chi connectivity index (χ1v) is 9.19. The lowest BCUT2D eigenvalue weighted by atomic mass is 9.92. The van der Waals surface area contributed by atoms with Crippen molar-refractivity contribution < 1.29 is 24.2 Å². The molecule has 136 valence electrons. The van der Waals surface area contributed by atoms with Gasteiger partial charge < -0.3 is 9.84 Å². The molecule has 2 aromatic rings. The van der Waals surface area contributed by atoms with Gasteiger partial charge in [-0.15, -0.1) is 11.3 Å². The average molecular weight is 372 g/mol.